The van der Waals surface area contributed by atoms with Crippen LogP contribution in [0.3, 0.4) is 0 Å². The van der Waals surface area contributed by atoms with Crippen LogP contribution in [-0.4, -0.2) is 35.1 Å². The predicted molar refractivity (Wildman–Crippen MR) is 93.1 cm³/mol. The van der Waals surface area contributed by atoms with Gasteiger partial charge in [0, 0.05) is 19.3 Å². The normalized spacial score (nSPS) is 17.7. The van der Waals surface area contributed by atoms with Gasteiger partial charge in [0.25, 0.3) is 5.91 Å². The van der Waals surface area contributed by atoms with Crippen LogP contribution in [0.1, 0.15) is 23.2 Å². The molecule has 1 aromatic carbocycles. The number of aromatic nitrogens is 1. The van der Waals surface area contributed by atoms with E-state index < -0.39 is 30.4 Å². The molecule has 0 saturated carbocycles. The molecule has 1 saturated heterocycles. The summed E-state index contributed by atoms with van der Waals surface area (Å²) in [5.74, 6) is -2.41. The molecule has 0 aliphatic carbocycles. The van der Waals surface area contributed by atoms with Crippen LogP contribution in [0.2, 0.25) is 0 Å². The molecule has 144 valence electrons. The molecule has 0 unspecified atom stereocenters. The lowest BCUT2D eigenvalue weighted by Crippen LogP contribution is -2.44. The molecule has 4 nitrogen and oxygen atoms in total. The second-order valence-corrected chi connectivity index (χ2v) is 7.02. The Kier molecular flexibility index (Phi) is 5.69. The van der Waals surface area contributed by atoms with Crippen molar-refractivity contribution >= 4 is 21.8 Å². The van der Waals surface area contributed by atoms with Gasteiger partial charge in [0.1, 0.15) is 17.1 Å². The number of hydrogen-bond acceptors (Lipinski definition) is 3. The minimum atomic E-state index is -4.34. The van der Waals surface area contributed by atoms with Crippen molar-refractivity contribution in [2.75, 3.05) is 13.1 Å². The van der Waals surface area contributed by atoms with Crippen molar-refractivity contribution in [3.63, 3.8) is 0 Å². The Hall–Kier alpha value is -2.16. The molecular weight excluding hydrogens is 432 g/mol. The Balaban J connectivity index is 1.83. The van der Waals surface area contributed by atoms with Crippen molar-refractivity contribution in [2.45, 2.75) is 19.0 Å². The van der Waals surface area contributed by atoms with Gasteiger partial charge in [0.05, 0.1) is 10.4 Å². The van der Waals surface area contributed by atoms with Gasteiger partial charge in [-0.1, -0.05) is 0 Å². The molecule has 1 atom stereocenters. The van der Waals surface area contributed by atoms with Crippen LogP contribution >= 0.6 is 15.9 Å². The summed E-state index contributed by atoms with van der Waals surface area (Å²) in [7, 11) is 0. The van der Waals surface area contributed by atoms with Gasteiger partial charge in [0.15, 0.2) is 0 Å². The van der Waals surface area contributed by atoms with Crippen LogP contribution in [-0.2, 0) is 0 Å². The topological polar surface area (TPSA) is 42.4 Å². The maximum Gasteiger partial charge on any atom is 0.393 e. The van der Waals surface area contributed by atoms with E-state index in [1.807, 2.05) is 0 Å². The predicted octanol–water partition coefficient (Wildman–Crippen LogP) is 5.19. The Morgan fingerprint density at radius 3 is 2.78 bits per heavy atom. The third-order valence-electron chi connectivity index (χ3n) is 4.27. The molecule has 0 bridgehead atoms. The number of alkyl halides is 3. The fourth-order valence-corrected chi connectivity index (χ4v) is 3.33. The molecule has 0 spiro atoms. The number of hydrogen-bond donors (Lipinski definition) is 0. The lowest BCUT2D eigenvalue weighted by molar-refractivity contribution is -0.184. The van der Waals surface area contributed by atoms with E-state index in [4.69, 9.17) is 4.74 Å². The number of likely N-dealkylation sites (tertiary alicyclic amines) is 1. The maximum atomic E-state index is 13.2. The zero-order valence-electron chi connectivity index (χ0n) is 14.0. The molecule has 1 fully saturated rings. The number of pyridine rings is 1. The summed E-state index contributed by atoms with van der Waals surface area (Å²) >= 11 is 3.16. The zero-order valence-corrected chi connectivity index (χ0v) is 15.6. The van der Waals surface area contributed by atoms with E-state index >= 15 is 0 Å². The molecule has 3 rings (SSSR count). The minimum absolute atomic E-state index is 0.00615. The number of ether oxygens (including phenoxy) is 1. The Morgan fingerprint density at radius 1 is 1.30 bits per heavy atom. The summed E-state index contributed by atoms with van der Waals surface area (Å²) in [6.07, 6.45) is -2.66. The summed E-state index contributed by atoms with van der Waals surface area (Å²) in [4.78, 5) is 18.0. The first kappa shape index (κ1) is 19.6. The lowest BCUT2D eigenvalue weighted by Gasteiger charge is -2.33. The van der Waals surface area contributed by atoms with E-state index in [-0.39, 0.29) is 36.6 Å². The average Bonchev–Trinajstić information content (AvgIpc) is 2.63. The first-order chi connectivity index (χ1) is 12.8. The highest BCUT2D eigenvalue weighted by molar-refractivity contribution is 9.10. The van der Waals surface area contributed by atoms with Crippen LogP contribution in [0.4, 0.5) is 17.6 Å². The summed E-state index contributed by atoms with van der Waals surface area (Å²) in [6.45, 7) is -0.156. The van der Waals surface area contributed by atoms with Gasteiger partial charge in [0.2, 0.25) is 5.88 Å². The number of benzene rings is 1. The molecule has 9 heteroatoms. The smallest absolute Gasteiger partial charge is 0.393 e. The van der Waals surface area contributed by atoms with Gasteiger partial charge in [-0.25, -0.2) is 9.37 Å². The van der Waals surface area contributed by atoms with E-state index in [2.05, 4.69) is 20.9 Å². The first-order valence-electron chi connectivity index (χ1n) is 8.19. The molecular formula is C18H15BrF4N2O2. The molecule has 2 heterocycles. The van der Waals surface area contributed by atoms with Gasteiger partial charge in [-0.15, -0.1) is 0 Å². The second-order valence-electron chi connectivity index (χ2n) is 6.16. The van der Waals surface area contributed by atoms with E-state index in [0.29, 0.717) is 4.47 Å². The largest absolute Gasteiger partial charge is 0.437 e. The minimum Gasteiger partial charge on any atom is -0.437 e. The molecule has 1 aromatic heterocycles. The molecule has 1 aliphatic rings. The SMILES string of the molecule is O=C(c1cccnc1Oc1ccc(F)cc1Br)N1CCC[C@@H](C(F)(F)F)C1. The van der Waals surface area contributed by atoms with Gasteiger partial charge >= 0.3 is 6.18 Å². The molecule has 2 aromatic rings. The molecule has 0 N–H and O–H groups in total. The van der Waals surface area contributed by atoms with Crippen LogP contribution in [0, 0.1) is 11.7 Å². The van der Waals surface area contributed by atoms with Crippen molar-refractivity contribution in [3.8, 4) is 11.6 Å². The molecule has 0 radical (unpaired) electrons. The number of halogens is 5. The van der Waals surface area contributed by atoms with Crippen LogP contribution in [0.15, 0.2) is 41.0 Å². The van der Waals surface area contributed by atoms with Crippen molar-refractivity contribution in [2.24, 2.45) is 5.92 Å². The van der Waals surface area contributed by atoms with E-state index in [1.54, 1.807) is 0 Å². The van der Waals surface area contributed by atoms with E-state index in [0.717, 1.165) is 0 Å². The average molecular weight is 447 g/mol. The van der Waals surface area contributed by atoms with E-state index in [1.165, 1.54) is 41.4 Å². The standard InChI is InChI=1S/C18H15BrF4N2O2/c19-14-9-12(20)5-6-15(14)27-16-13(4-1-7-24-16)17(26)25-8-2-3-11(10-25)18(21,22)23/h1,4-7,9,11H,2-3,8,10H2/t11-/m1/s1. The second kappa shape index (κ2) is 7.84. The highest BCUT2D eigenvalue weighted by atomic mass is 79.9. The third-order valence-corrected chi connectivity index (χ3v) is 4.89. The monoisotopic (exact) mass is 446 g/mol. The Morgan fingerprint density at radius 2 is 2.07 bits per heavy atom. The van der Waals surface area contributed by atoms with Crippen LogP contribution in [0.25, 0.3) is 0 Å². The quantitative estimate of drug-likeness (QED) is 0.609. The number of piperidine rings is 1. The highest BCUT2D eigenvalue weighted by Gasteiger charge is 2.43. The summed E-state index contributed by atoms with van der Waals surface area (Å²) in [5, 5.41) is 0. The van der Waals surface area contributed by atoms with E-state index in [9.17, 15) is 22.4 Å². The van der Waals surface area contributed by atoms with Gasteiger partial charge < -0.3 is 9.64 Å². The van der Waals surface area contributed by atoms with Crippen LogP contribution in [0.5, 0.6) is 11.6 Å². The Bertz CT molecular complexity index is 844. The summed E-state index contributed by atoms with van der Waals surface area (Å²) < 4.78 is 58.2. The number of amides is 1. The van der Waals surface area contributed by atoms with Crippen LogP contribution < -0.4 is 4.74 Å². The maximum absolute atomic E-state index is 13.2. The fourth-order valence-electron chi connectivity index (χ4n) is 2.90. The third kappa shape index (κ3) is 4.58. The lowest BCUT2D eigenvalue weighted by atomic mass is 9.97. The zero-order chi connectivity index (χ0) is 19.6. The first-order valence-corrected chi connectivity index (χ1v) is 8.99. The number of rotatable bonds is 3. The summed E-state index contributed by atoms with van der Waals surface area (Å²) in [5.41, 5.74) is 0.0524. The fraction of sp³-hybridized carbons (Fsp3) is 0.333. The van der Waals surface area contributed by atoms with Crippen molar-refractivity contribution in [1.29, 1.82) is 0 Å². The molecule has 1 amide bonds. The van der Waals surface area contributed by atoms with Crippen molar-refractivity contribution in [1.82, 2.24) is 9.88 Å². The molecule has 1 aliphatic heterocycles. The number of nitrogens with zero attached hydrogens (tertiary/aromatic N) is 2. The Labute approximate surface area is 161 Å². The van der Waals surface area contributed by atoms with Gasteiger partial charge in [-0.05, 0) is 59.1 Å². The number of carbonyl (C=O) groups is 1. The highest BCUT2D eigenvalue weighted by Crippen LogP contribution is 2.35. The van der Waals surface area contributed by atoms with Gasteiger partial charge in [-0.2, -0.15) is 13.2 Å². The van der Waals surface area contributed by atoms with Crippen molar-refractivity contribution in [3.05, 3.63) is 52.4 Å². The van der Waals surface area contributed by atoms with Gasteiger partial charge in [-0.3, -0.25) is 4.79 Å². The summed E-state index contributed by atoms with van der Waals surface area (Å²) in [6, 6.07) is 6.69. The number of carbonyl (C=O) groups excluding carboxylic acids is 1. The molecule has 27 heavy (non-hydrogen) atoms. The van der Waals surface area contributed by atoms with Crippen molar-refractivity contribution < 1.29 is 27.1 Å².